The highest BCUT2D eigenvalue weighted by atomic mass is 35.5. The molecule has 0 aliphatic heterocycles. The third-order valence-corrected chi connectivity index (χ3v) is 8.10. The number of aryl methyl sites for hydroxylation is 2. The van der Waals surface area contributed by atoms with Crippen molar-refractivity contribution >= 4 is 45.3 Å². The Labute approximate surface area is 297 Å². The molecule has 4 aromatic rings. The van der Waals surface area contributed by atoms with Gasteiger partial charge in [-0.05, 0) is 81.5 Å². The topological polar surface area (TPSA) is 135 Å². The van der Waals surface area contributed by atoms with Crippen molar-refractivity contribution < 1.29 is 26.5 Å². The molecule has 266 valence electrons. The van der Waals surface area contributed by atoms with Gasteiger partial charge in [-0.1, -0.05) is 69.6 Å². The molecule has 0 radical (unpaired) electrons. The maximum absolute atomic E-state index is 13.2. The van der Waals surface area contributed by atoms with E-state index >= 15 is 0 Å². The predicted octanol–water partition coefficient (Wildman–Crippen LogP) is 7.56. The van der Waals surface area contributed by atoms with Crippen LogP contribution in [0.5, 0.6) is 5.75 Å². The van der Waals surface area contributed by atoms with E-state index in [1.807, 2.05) is 77.9 Å². The normalized spacial score (nSPS) is 14.6. The van der Waals surface area contributed by atoms with Crippen LogP contribution < -0.4 is 21.3 Å². The Kier molecular flexibility index (Phi) is 12.5. The summed E-state index contributed by atoms with van der Waals surface area (Å²) < 4.78 is 34.1. The highest BCUT2D eigenvalue weighted by molar-refractivity contribution is 6.33. The molecule has 2 aromatic carbocycles. The molecule has 2 atom stereocenters. The van der Waals surface area contributed by atoms with Crippen LogP contribution in [0.2, 0.25) is 5.02 Å². The number of carbonyl (C=O) groups excluding carboxylic acids is 2. The molecule has 0 saturated heterocycles. The average molecular weight is 697 g/mol. The molecule has 2 heterocycles. The van der Waals surface area contributed by atoms with E-state index in [2.05, 4.69) is 10.3 Å². The standard InChI is InChI=1S/C22H28ClN3O2.C16H23NO4/c1-6-26-20-14(4)25-8-7-15(20)16-9-18(23)19(10-17(16)21(26)27)28-12-22(5,24)11-13(2)3;1-12(2)10-16(3,14(18)20-4)17-15(19)21-11-13-8-6-5-7-9-13/h7-10,13H,6,11-12,24H2,1-5H3;5-9,12H,10-11H2,1-4H3,(H,17,19)/i12D2;. The van der Waals surface area contributed by atoms with Crippen molar-refractivity contribution in [3.05, 3.63) is 81.4 Å². The third kappa shape index (κ3) is 10.4. The van der Waals surface area contributed by atoms with Crippen molar-refractivity contribution in [2.45, 2.75) is 92.5 Å². The predicted molar refractivity (Wildman–Crippen MR) is 196 cm³/mol. The number of carbonyl (C=O) groups is 2. The maximum Gasteiger partial charge on any atom is 0.408 e. The van der Waals surface area contributed by atoms with Crippen LogP contribution in [-0.4, -0.2) is 46.4 Å². The Hall–Kier alpha value is -4.15. The monoisotopic (exact) mass is 696 g/mol. The maximum atomic E-state index is 13.2. The van der Waals surface area contributed by atoms with E-state index in [1.165, 1.54) is 13.2 Å². The lowest BCUT2D eigenvalue weighted by Gasteiger charge is -2.29. The zero-order chi connectivity index (χ0) is 38.3. The fourth-order valence-electron chi connectivity index (χ4n) is 5.97. The van der Waals surface area contributed by atoms with E-state index in [1.54, 1.807) is 30.7 Å². The first-order chi connectivity index (χ1) is 23.8. The number of fused-ring (bicyclic) bond motifs is 3. The number of hydrogen-bond donors (Lipinski definition) is 2. The fraction of sp³-hybridized carbons (Fsp3) is 0.474. The van der Waals surface area contributed by atoms with Crippen LogP contribution in [0, 0.1) is 18.8 Å². The second-order valence-corrected chi connectivity index (χ2v) is 13.9. The van der Waals surface area contributed by atoms with Crippen molar-refractivity contribution in [1.29, 1.82) is 0 Å². The molecular weight excluding hydrogens is 644 g/mol. The number of methoxy groups -OCH3 is 1. The van der Waals surface area contributed by atoms with Gasteiger partial charge in [0.25, 0.3) is 5.56 Å². The first-order valence-corrected chi connectivity index (χ1v) is 16.8. The van der Waals surface area contributed by atoms with Crippen molar-refractivity contribution in [2.75, 3.05) is 13.7 Å². The number of hydrogen-bond acceptors (Lipinski definition) is 8. The van der Waals surface area contributed by atoms with Gasteiger partial charge in [0.05, 0.1) is 31.5 Å². The zero-order valence-electron chi connectivity index (χ0n) is 32.0. The number of aromatic nitrogens is 2. The lowest BCUT2D eigenvalue weighted by Crippen LogP contribution is -2.53. The number of ether oxygens (including phenoxy) is 3. The molecule has 10 nitrogen and oxygen atoms in total. The Morgan fingerprint density at radius 1 is 1.04 bits per heavy atom. The van der Waals surface area contributed by atoms with Gasteiger partial charge in [-0.3, -0.25) is 9.78 Å². The molecule has 2 unspecified atom stereocenters. The summed E-state index contributed by atoms with van der Waals surface area (Å²) in [7, 11) is 1.30. The quantitative estimate of drug-likeness (QED) is 0.114. The van der Waals surface area contributed by atoms with Gasteiger partial charge in [0.2, 0.25) is 0 Å². The highest BCUT2D eigenvalue weighted by Crippen LogP contribution is 2.33. The van der Waals surface area contributed by atoms with E-state index in [-0.39, 0.29) is 34.8 Å². The number of pyridine rings is 2. The summed E-state index contributed by atoms with van der Waals surface area (Å²) >= 11 is 6.47. The summed E-state index contributed by atoms with van der Waals surface area (Å²) in [5.41, 5.74) is 6.14. The first kappa shape index (κ1) is 36.1. The number of nitrogens with zero attached hydrogens (tertiary/aromatic N) is 2. The number of benzene rings is 2. The van der Waals surface area contributed by atoms with Crippen molar-refractivity contribution in [2.24, 2.45) is 17.6 Å². The SMILES string of the molecule is COC(=O)C(C)(CC(C)C)NC(=O)OCc1ccccc1.[2H]C([2H])(Oc1cc2c(=O)n(CC)c3c(C)nccc3c2cc1Cl)C(C)(N)CC(C)C. The molecule has 0 fully saturated rings. The Morgan fingerprint density at radius 3 is 2.29 bits per heavy atom. The molecule has 11 heteroatoms. The van der Waals surface area contributed by atoms with Crippen LogP contribution in [0.15, 0.2) is 59.5 Å². The minimum atomic E-state index is -2.18. The van der Waals surface area contributed by atoms with Gasteiger partial charge in [0.15, 0.2) is 0 Å². The molecule has 49 heavy (non-hydrogen) atoms. The van der Waals surface area contributed by atoms with Crippen LogP contribution in [0.4, 0.5) is 4.79 Å². The molecule has 4 rings (SSSR count). The zero-order valence-corrected chi connectivity index (χ0v) is 30.7. The van der Waals surface area contributed by atoms with E-state index in [9.17, 15) is 14.4 Å². The number of nitrogens with two attached hydrogens (primary N) is 1. The van der Waals surface area contributed by atoms with Crippen LogP contribution in [0.1, 0.15) is 75.3 Å². The van der Waals surface area contributed by atoms with E-state index < -0.39 is 29.7 Å². The lowest BCUT2D eigenvalue weighted by atomic mass is 9.91. The van der Waals surface area contributed by atoms with Crippen molar-refractivity contribution in [3.8, 4) is 5.75 Å². The molecule has 0 spiro atoms. The van der Waals surface area contributed by atoms with Gasteiger partial charge in [-0.15, -0.1) is 0 Å². The molecule has 1 amide bonds. The molecule has 2 aromatic heterocycles. The Morgan fingerprint density at radius 2 is 1.69 bits per heavy atom. The summed E-state index contributed by atoms with van der Waals surface area (Å²) in [6.07, 6.45) is 1.96. The minimum absolute atomic E-state index is 0.0967. The summed E-state index contributed by atoms with van der Waals surface area (Å²) in [4.78, 5) is 41.3. The average Bonchev–Trinajstić information content (AvgIpc) is 3.04. The van der Waals surface area contributed by atoms with Crippen molar-refractivity contribution in [3.63, 3.8) is 0 Å². The van der Waals surface area contributed by atoms with Crippen LogP contribution in [-0.2, 0) is 27.4 Å². The van der Waals surface area contributed by atoms with E-state index in [0.717, 1.165) is 22.2 Å². The van der Waals surface area contributed by atoms with Gasteiger partial charge in [0.1, 0.15) is 24.5 Å². The third-order valence-electron chi connectivity index (χ3n) is 7.80. The molecule has 3 N–H and O–H groups in total. The number of nitrogens with one attached hydrogen (secondary N) is 1. The molecule has 0 aliphatic rings. The lowest BCUT2D eigenvalue weighted by molar-refractivity contribution is -0.148. The van der Waals surface area contributed by atoms with Crippen LogP contribution in [0.3, 0.4) is 0 Å². The molecule has 0 saturated carbocycles. The summed E-state index contributed by atoms with van der Waals surface area (Å²) in [6.45, 7) is 13.4. The Bertz CT molecular complexity index is 1900. The molecular formula is C38H51ClN4O6. The smallest absolute Gasteiger partial charge is 0.408 e. The number of alkyl carbamates (subject to hydrolysis) is 1. The summed E-state index contributed by atoms with van der Waals surface area (Å²) in [6, 6.07) is 14.4. The number of esters is 1. The largest absolute Gasteiger partial charge is 0.490 e. The second-order valence-electron chi connectivity index (χ2n) is 13.5. The van der Waals surface area contributed by atoms with Gasteiger partial charge in [0, 0.05) is 23.7 Å². The summed E-state index contributed by atoms with van der Waals surface area (Å²) in [5.74, 6) is 0.0292. The van der Waals surface area contributed by atoms with E-state index in [0.29, 0.717) is 30.2 Å². The fourth-order valence-corrected chi connectivity index (χ4v) is 6.17. The van der Waals surface area contributed by atoms with Crippen LogP contribution in [0.25, 0.3) is 21.7 Å². The Balaban J connectivity index is 0.000000295. The van der Waals surface area contributed by atoms with Gasteiger partial charge < -0.3 is 29.8 Å². The van der Waals surface area contributed by atoms with Gasteiger partial charge >= 0.3 is 12.1 Å². The first-order valence-electron chi connectivity index (χ1n) is 17.4. The van der Waals surface area contributed by atoms with E-state index in [4.69, 9.17) is 34.3 Å². The number of rotatable bonds is 12. The molecule has 0 bridgehead atoms. The van der Waals surface area contributed by atoms with Gasteiger partial charge in [-0.25, -0.2) is 9.59 Å². The highest BCUT2D eigenvalue weighted by Gasteiger charge is 2.37. The number of halogens is 1. The van der Waals surface area contributed by atoms with Crippen molar-refractivity contribution in [1.82, 2.24) is 14.9 Å². The minimum Gasteiger partial charge on any atom is -0.490 e. The second kappa shape index (κ2) is 17.0. The van der Waals surface area contributed by atoms with Crippen LogP contribution >= 0.6 is 11.6 Å². The summed E-state index contributed by atoms with van der Waals surface area (Å²) in [5, 5.41) is 4.78. The van der Waals surface area contributed by atoms with Gasteiger partial charge in [-0.2, -0.15) is 0 Å². The number of amides is 1. The molecule has 0 aliphatic carbocycles.